The van der Waals surface area contributed by atoms with Gasteiger partial charge in [0.2, 0.25) is 5.75 Å². The van der Waals surface area contributed by atoms with E-state index in [1.807, 2.05) is 12.2 Å². The number of alkyl halides is 3. The Morgan fingerprint density at radius 1 is 1.00 bits per heavy atom. The molecule has 2 aliphatic carbocycles. The third-order valence-corrected chi connectivity index (χ3v) is 5.10. The Bertz CT molecular complexity index is 627. The van der Waals surface area contributed by atoms with Gasteiger partial charge in [0.25, 0.3) is 0 Å². The van der Waals surface area contributed by atoms with Gasteiger partial charge in [-0.05, 0) is 62.5 Å². The SMILES string of the molecule is Fc1c(C/C=C/C2CCCC2)ccc(OC2CCCC2)c1OC(F)(F)F. The fourth-order valence-corrected chi connectivity index (χ4v) is 3.76. The summed E-state index contributed by atoms with van der Waals surface area (Å²) in [6.45, 7) is 0. The molecule has 26 heavy (non-hydrogen) atoms. The van der Waals surface area contributed by atoms with Gasteiger partial charge in [-0.3, -0.25) is 0 Å². The fourth-order valence-electron chi connectivity index (χ4n) is 3.76. The average molecular weight is 372 g/mol. The van der Waals surface area contributed by atoms with Crippen molar-refractivity contribution in [2.24, 2.45) is 5.92 Å². The number of rotatable bonds is 6. The third-order valence-electron chi connectivity index (χ3n) is 5.10. The minimum atomic E-state index is -4.97. The number of halogens is 4. The Labute approximate surface area is 151 Å². The van der Waals surface area contributed by atoms with Crippen molar-refractivity contribution in [2.75, 3.05) is 0 Å². The first-order valence-electron chi connectivity index (χ1n) is 9.33. The number of allylic oxidation sites excluding steroid dienone is 2. The van der Waals surface area contributed by atoms with Crippen LogP contribution >= 0.6 is 0 Å². The van der Waals surface area contributed by atoms with Crippen LogP contribution in [0.15, 0.2) is 24.3 Å². The maximum Gasteiger partial charge on any atom is 0.573 e. The smallest absolute Gasteiger partial charge is 0.486 e. The second kappa shape index (κ2) is 8.31. The zero-order valence-corrected chi connectivity index (χ0v) is 14.7. The largest absolute Gasteiger partial charge is 0.573 e. The van der Waals surface area contributed by atoms with Gasteiger partial charge < -0.3 is 9.47 Å². The molecule has 144 valence electrons. The van der Waals surface area contributed by atoms with E-state index in [-0.39, 0.29) is 23.8 Å². The van der Waals surface area contributed by atoms with Crippen molar-refractivity contribution in [3.05, 3.63) is 35.7 Å². The van der Waals surface area contributed by atoms with Gasteiger partial charge in [0, 0.05) is 0 Å². The average Bonchev–Trinajstić information content (AvgIpc) is 3.25. The summed E-state index contributed by atoms with van der Waals surface area (Å²) in [7, 11) is 0. The molecule has 0 aliphatic heterocycles. The van der Waals surface area contributed by atoms with Gasteiger partial charge in [-0.2, -0.15) is 0 Å². The van der Waals surface area contributed by atoms with Crippen LogP contribution in [0.5, 0.6) is 11.5 Å². The van der Waals surface area contributed by atoms with Crippen LogP contribution in [0.4, 0.5) is 17.6 Å². The van der Waals surface area contributed by atoms with E-state index in [9.17, 15) is 17.6 Å². The van der Waals surface area contributed by atoms with Crippen LogP contribution in [-0.4, -0.2) is 12.5 Å². The zero-order valence-electron chi connectivity index (χ0n) is 14.7. The predicted octanol–water partition coefficient (Wildman–Crippen LogP) is 6.33. The van der Waals surface area contributed by atoms with E-state index in [2.05, 4.69) is 4.74 Å². The molecule has 0 spiro atoms. The molecule has 0 saturated heterocycles. The first-order chi connectivity index (χ1) is 12.4. The van der Waals surface area contributed by atoms with Gasteiger partial charge in [0.1, 0.15) is 0 Å². The molecule has 2 saturated carbocycles. The third kappa shape index (κ3) is 5.15. The highest BCUT2D eigenvalue weighted by Gasteiger charge is 2.35. The van der Waals surface area contributed by atoms with Crippen molar-refractivity contribution >= 4 is 0 Å². The highest BCUT2D eigenvalue weighted by atomic mass is 19.4. The first-order valence-corrected chi connectivity index (χ1v) is 9.33. The lowest BCUT2D eigenvalue weighted by atomic mass is 10.0. The van der Waals surface area contributed by atoms with E-state index in [0.717, 1.165) is 38.5 Å². The molecule has 0 atom stereocenters. The summed E-state index contributed by atoms with van der Waals surface area (Å²) in [5.41, 5.74) is 0.178. The van der Waals surface area contributed by atoms with Crippen LogP contribution in [-0.2, 0) is 6.42 Å². The lowest BCUT2D eigenvalue weighted by Gasteiger charge is -2.19. The number of ether oxygens (including phenoxy) is 2. The van der Waals surface area contributed by atoms with Crippen molar-refractivity contribution < 1.29 is 27.0 Å². The van der Waals surface area contributed by atoms with Crippen molar-refractivity contribution in [2.45, 2.75) is 70.3 Å². The highest BCUT2D eigenvalue weighted by Crippen LogP contribution is 2.39. The summed E-state index contributed by atoms with van der Waals surface area (Å²) >= 11 is 0. The lowest BCUT2D eigenvalue weighted by Crippen LogP contribution is -2.20. The molecule has 0 radical (unpaired) electrons. The maximum absolute atomic E-state index is 14.7. The molecule has 6 heteroatoms. The highest BCUT2D eigenvalue weighted by molar-refractivity contribution is 5.45. The van der Waals surface area contributed by atoms with Crippen LogP contribution in [0.1, 0.15) is 56.9 Å². The molecule has 3 rings (SSSR count). The Balaban J connectivity index is 1.77. The molecule has 0 unspecified atom stereocenters. The standard InChI is InChI=1S/C20H24F4O2/c21-18-15(9-5-8-14-6-1-2-7-14)12-13-17(19(18)26-20(22,23)24)25-16-10-3-4-11-16/h5,8,12-14,16H,1-4,6-7,9-11H2/b8-5+. The van der Waals surface area contributed by atoms with Crippen LogP contribution in [0.2, 0.25) is 0 Å². The number of hydrogen-bond acceptors (Lipinski definition) is 2. The summed E-state index contributed by atoms with van der Waals surface area (Å²) in [6.07, 6.45) is 7.05. The van der Waals surface area contributed by atoms with E-state index in [0.29, 0.717) is 5.92 Å². The topological polar surface area (TPSA) is 18.5 Å². The Kier molecular flexibility index (Phi) is 6.09. The van der Waals surface area contributed by atoms with E-state index in [1.165, 1.54) is 25.0 Å². The lowest BCUT2D eigenvalue weighted by molar-refractivity contribution is -0.276. The first kappa shape index (κ1) is 19.1. The summed E-state index contributed by atoms with van der Waals surface area (Å²) < 4.78 is 62.5. The molecule has 0 N–H and O–H groups in total. The minimum absolute atomic E-state index is 0.171. The molecule has 2 fully saturated rings. The molecule has 0 heterocycles. The van der Waals surface area contributed by atoms with Crippen molar-refractivity contribution in [3.63, 3.8) is 0 Å². The summed E-state index contributed by atoms with van der Waals surface area (Å²) in [6, 6.07) is 2.88. The van der Waals surface area contributed by atoms with Gasteiger partial charge >= 0.3 is 6.36 Å². The fraction of sp³-hybridized carbons (Fsp3) is 0.600. The van der Waals surface area contributed by atoms with Crippen molar-refractivity contribution in [1.82, 2.24) is 0 Å². The van der Waals surface area contributed by atoms with Gasteiger partial charge in [-0.15, -0.1) is 13.2 Å². The number of hydrogen-bond donors (Lipinski definition) is 0. The summed E-state index contributed by atoms with van der Waals surface area (Å²) in [4.78, 5) is 0. The predicted molar refractivity (Wildman–Crippen MR) is 90.8 cm³/mol. The molecule has 0 bridgehead atoms. The summed E-state index contributed by atoms with van der Waals surface area (Å²) in [5, 5.41) is 0. The molecule has 2 aliphatic rings. The Morgan fingerprint density at radius 2 is 1.65 bits per heavy atom. The van der Waals surface area contributed by atoms with Gasteiger partial charge in [-0.25, -0.2) is 4.39 Å². The Morgan fingerprint density at radius 3 is 2.31 bits per heavy atom. The molecule has 1 aromatic carbocycles. The van der Waals surface area contributed by atoms with E-state index >= 15 is 0 Å². The normalized spacial score (nSPS) is 19.5. The maximum atomic E-state index is 14.7. The molecule has 0 amide bonds. The quantitative estimate of drug-likeness (QED) is 0.429. The molecule has 0 aromatic heterocycles. The van der Waals surface area contributed by atoms with E-state index < -0.39 is 17.9 Å². The second-order valence-corrected chi connectivity index (χ2v) is 7.11. The Hall–Kier alpha value is -1.72. The van der Waals surface area contributed by atoms with Crippen LogP contribution in [0.3, 0.4) is 0 Å². The van der Waals surface area contributed by atoms with Gasteiger partial charge in [0.05, 0.1) is 6.10 Å². The van der Waals surface area contributed by atoms with Gasteiger partial charge in [0.15, 0.2) is 11.6 Å². The minimum Gasteiger partial charge on any atom is -0.486 e. The number of benzene rings is 1. The van der Waals surface area contributed by atoms with Crippen LogP contribution in [0, 0.1) is 11.7 Å². The molecular formula is C20H24F4O2. The van der Waals surface area contributed by atoms with E-state index in [1.54, 1.807) is 0 Å². The summed E-state index contributed by atoms with van der Waals surface area (Å²) in [5.74, 6) is -1.52. The molecule has 1 aromatic rings. The zero-order chi connectivity index (χ0) is 18.6. The van der Waals surface area contributed by atoms with Crippen molar-refractivity contribution in [1.29, 1.82) is 0 Å². The van der Waals surface area contributed by atoms with Crippen LogP contribution in [0.25, 0.3) is 0 Å². The van der Waals surface area contributed by atoms with Crippen molar-refractivity contribution in [3.8, 4) is 11.5 Å². The molecule has 2 nitrogen and oxygen atoms in total. The van der Waals surface area contributed by atoms with E-state index in [4.69, 9.17) is 4.74 Å². The second-order valence-electron chi connectivity index (χ2n) is 7.11. The molecular weight excluding hydrogens is 348 g/mol. The van der Waals surface area contributed by atoms with Crippen LogP contribution < -0.4 is 9.47 Å². The monoisotopic (exact) mass is 372 g/mol. The van der Waals surface area contributed by atoms with Gasteiger partial charge in [-0.1, -0.05) is 31.1 Å².